The van der Waals surface area contributed by atoms with Crippen LogP contribution in [0.3, 0.4) is 0 Å². The number of Topliss-reactive ketones (excluding diaryl/α,β-unsaturated/α-hetero) is 1. The van der Waals surface area contributed by atoms with Crippen LogP contribution in [0.2, 0.25) is 0 Å². The van der Waals surface area contributed by atoms with Crippen molar-refractivity contribution in [3.63, 3.8) is 0 Å². The molecule has 0 fully saturated rings. The van der Waals surface area contributed by atoms with E-state index in [9.17, 15) is 23.1 Å². The van der Waals surface area contributed by atoms with Crippen molar-refractivity contribution in [2.24, 2.45) is 0 Å². The van der Waals surface area contributed by atoms with E-state index in [0.29, 0.717) is 26.7 Å². The number of ketones is 1. The Kier molecular flexibility index (Phi) is 3.83. The smallest absolute Gasteiger partial charge is 0.261 e. The van der Waals surface area contributed by atoms with Crippen molar-refractivity contribution in [3.8, 4) is 10.6 Å². The average Bonchev–Trinajstić information content (AvgIpc) is 2.68. The summed E-state index contributed by atoms with van der Waals surface area (Å²) in [6.07, 6.45) is 1.33. The summed E-state index contributed by atoms with van der Waals surface area (Å²) in [6, 6.07) is 10.9. The zero-order valence-electron chi connectivity index (χ0n) is 14.5. The van der Waals surface area contributed by atoms with Gasteiger partial charge in [-0.15, -0.1) is 11.3 Å². The first-order valence-electron chi connectivity index (χ1n) is 8.49. The molecule has 0 aromatic heterocycles. The predicted molar refractivity (Wildman–Crippen MR) is 110 cm³/mol. The van der Waals surface area contributed by atoms with E-state index in [1.165, 1.54) is 29.5 Å². The lowest BCUT2D eigenvalue weighted by molar-refractivity contribution is -0.377. The number of benzene rings is 2. The number of aromatic amines is 1. The molecule has 1 aromatic carbocycles. The van der Waals surface area contributed by atoms with Crippen LogP contribution in [0, 0.1) is 0 Å². The van der Waals surface area contributed by atoms with Gasteiger partial charge in [0.2, 0.25) is 11.4 Å². The number of hydrogen-bond donors (Lipinski definition) is 1. The Hall–Kier alpha value is -2.81. The van der Waals surface area contributed by atoms with Gasteiger partial charge in [-0.25, -0.2) is 13.4 Å². The van der Waals surface area contributed by atoms with Gasteiger partial charge in [0.15, 0.2) is 11.2 Å². The zero-order valence-corrected chi connectivity index (χ0v) is 16.9. The number of aliphatic hydroxyl groups excluding tert-OH is 1. The fourth-order valence-electron chi connectivity index (χ4n) is 3.80. The number of halogens is 1. The molecule has 1 unspecified atom stereocenters. The van der Waals surface area contributed by atoms with Gasteiger partial charge < -0.3 is 5.11 Å². The van der Waals surface area contributed by atoms with Gasteiger partial charge in [-0.1, -0.05) is 24.3 Å². The molecule has 1 atom stereocenters. The number of carbonyl (C=O) groups is 1. The van der Waals surface area contributed by atoms with E-state index in [4.69, 9.17) is 10.7 Å². The number of carbonyl (C=O) groups excluding carboxylic acids is 1. The second-order valence-corrected chi connectivity index (χ2v) is 10.3. The molecular formula is C20H11ClNO5S2+. The van der Waals surface area contributed by atoms with Crippen LogP contribution in [0.4, 0.5) is 0 Å². The molecule has 1 aromatic rings. The molecule has 0 bridgehead atoms. The molecular weight excluding hydrogens is 434 g/mol. The number of H-pyrrole nitrogens is 1. The fraction of sp³-hybridized carbons (Fsp3) is 0.0500. The standard InChI is InChI=1S/C20H10ClNO5S2/c21-29(26,27)15-8-14-18(22-12-6-5-9(23)7-13(12)28-14)17-16(15)19(24)10-3-1-2-4-11(10)20(17)25/h1-8,17,24H/p+1. The molecule has 4 aliphatic rings. The minimum Gasteiger partial charge on any atom is -0.507 e. The monoisotopic (exact) mass is 444 g/mol. The van der Waals surface area contributed by atoms with E-state index in [2.05, 4.69) is 4.98 Å². The summed E-state index contributed by atoms with van der Waals surface area (Å²) in [7, 11) is 1.41. The summed E-state index contributed by atoms with van der Waals surface area (Å²) in [5, 5.41) is 10.9. The second kappa shape index (κ2) is 6.09. The van der Waals surface area contributed by atoms with Crippen LogP contribution in [0.5, 0.6) is 0 Å². The number of aromatic nitrogens is 1. The van der Waals surface area contributed by atoms with Crippen molar-refractivity contribution >= 4 is 48.7 Å². The first-order valence-corrected chi connectivity index (χ1v) is 11.6. The van der Waals surface area contributed by atoms with Gasteiger partial charge in [-0.2, -0.15) is 0 Å². The molecule has 0 radical (unpaired) electrons. The second-order valence-electron chi connectivity index (χ2n) is 6.71. The molecule has 9 heteroatoms. The van der Waals surface area contributed by atoms with Crippen molar-refractivity contribution < 1.29 is 23.3 Å². The van der Waals surface area contributed by atoms with Crippen LogP contribution in [-0.2, 0) is 9.05 Å². The summed E-state index contributed by atoms with van der Waals surface area (Å²) in [4.78, 5) is 28.9. The lowest BCUT2D eigenvalue weighted by Crippen LogP contribution is -2.33. The van der Waals surface area contributed by atoms with Gasteiger partial charge in [0.25, 0.3) is 9.05 Å². The molecule has 0 amide bonds. The molecule has 1 aliphatic heterocycles. The molecule has 0 saturated heterocycles. The Balaban J connectivity index is 1.92. The number of rotatable bonds is 1. The highest BCUT2D eigenvalue weighted by Crippen LogP contribution is 2.49. The van der Waals surface area contributed by atoms with Crippen LogP contribution < -0.4 is 10.4 Å². The lowest BCUT2D eigenvalue weighted by Gasteiger charge is -2.28. The molecule has 29 heavy (non-hydrogen) atoms. The third kappa shape index (κ3) is 2.67. The number of allylic oxidation sites excluding steroid dienone is 1. The van der Waals surface area contributed by atoms with Gasteiger partial charge >= 0.3 is 0 Å². The topological polar surface area (TPSA) is 103 Å². The van der Waals surface area contributed by atoms with Crippen LogP contribution >= 0.6 is 22.0 Å². The maximum absolute atomic E-state index is 13.3. The van der Waals surface area contributed by atoms with Crippen molar-refractivity contribution in [1.82, 2.24) is 0 Å². The summed E-state index contributed by atoms with van der Waals surface area (Å²) < 4.78 is 24.6. The van der Waals surface area contributed by atoms with Crippen LogP contribution in [-0.4, -0.2) is 19.3 Å². The van der Waals surface area contributed by atoms with Gasteiger partial charge in [0.05, 0.1) is 9.78 Å². The highest BCUT2D eigenvalue weighted by Gasteiger charge is 2.47. The molecule has 2 N–H and O–H groups in total. The first kappa shape index (κ1) is 18.2. The van der Waals surface area contributed by atoms with E-state index in [1.54, 1.807) is 30.3 Å². The van der Waals surface area contributed by atoms with E-state index < -0.39 is 15.0 Å². The number of hydrogen-bond acceptors (Lipinski definition) is 6. The molecule has 3 aliphatic carbocycles. The Morgan fingerprint density at radius 3 is 2.52 bits per heavy atom. The van der Waals surface area contributed by atoms with E-state index in [0.717, 1.165) is 0 Å². The van der Waals surface area contributed by atoms with Gasteiger partial charge in [-0.3, -0.25) is 9.59 Å². The Bertz CT molecular complexity index is 1440. The van der Waals surface area contributed by atoms with Crippen LogP contribution in [0.25, 0.3) is 22.4 Å². The summed E-state index contributed by atoms with van der Waals surface area (Å²) in [5.74, 6) is -1.69. The maximum Gasteiger partial charge on any atom is 0.261 e. The zero-order chi connectivity index (χ0) is 20.5. The van der Waals surface area contributed by atoms with Gasteiger partial charge in [-0.05, 0) is 12.1 Å². The molecule has 0 saturated carbocycles. The van der Waals surface area contributed by atoms with Crippen molar-refractivity contribution in [2.75, 3.05) is 0 Å². The first-order chi connectivity index (χ1) is 13.8. The number of fused-ring (bicyclic) bond motifs is 5. The van der Waals surface area contributed by atoms with Crippen LogP contribution in [0.15, 0.2) is 57.7 Å². The summed E-state index contributed by atoms with van der Waals surface area (Å²) in [6.45, 7) is 0. The predicted octanol–water partition coefficient (Wildman–Crippen LogP) is 3.20. The highest BCUT2D eigenvalue weighted by atomic mass is 35.7. The van der Waals surface area contributed by atoms with Gasteiger partial charge in [0, 0.05) is 39.5 Å². The number of aliphatic hydroxyl groups is 1. The summed E-state index contributed by atoms with van der Waals surface area (Å²) >= 11 is 1.18. The minimum absolute atomic E-state index is 0.0422. The van der Waals surface area contributed by atoms with Gasteiger partial charge in [0.1, 0.15) is 16.6 Å². The molecule has 0 spiro atoms. The van der Waals surface area contributed by atoms with Crippen molar-refractivity contribution in [3.05, 3.63) is 84.9 Å². The molecule has 5 rings (SSSR count). The maximum atomic E-state index is 13.3. The normalized spacial score (nSPS) is 18.2. The van der Waals surface area contributed by atoms with E-state index >= 15 is 0 Å². The summed E-state index contributed by atoms with van der Waals surface area (Å²) in [5.41, 5.74) is 1.41. The highest BCUT2D eigenvalue weighted by molar-refractivity contribution is 8.17. The molecule has 6 nitrogen and oxygen atoms in total. The third-order valence-corrected chi connectivity index (χ3v) is 7.52. The van der Waals surface area contributed by atoms with Crippen LogP contribution in [0.1, 0.15) is 32.4 Å². The molecule has 1 heterocycles. The largest absolute Gasteiger partial charge is 0.507 e. The van der Waals surface area contributed by atoms with E-state index in [1.807, 2.05) is 0 Å². The quantitative estimate of drug-likeness (QED) is 0.580. The van der Waals surface area contributed by atoms with Crippen molar-refractivity contribution in [2.45, 2.75) is 5.92 Å². The Morgan fingerprint density at radius 1 is 1.07 bits per heavy atom. The third-order valence-electron chi connectivity index (χ3n) is 5.04. The fourth-order valence-corrected chi connectivity index (χ4v) is 6.09. The Labute approximate surface area is 173 Å². The van der Waals surface area contributed by atoms with Crippen molar-refractivity contribution in [1.29, 1.82) is 0 Å². The minimum atomic E-state index is -4.27. The lowest BCUT2D eigenvalue weighted by atomic mass is 9.77. The Morgan fingerprint density at radius 2 is 1.79 bits per heavy atom. The number of nitrogens with one attached hydrogen (secondary N) is 1. The van der Waals surface area contributed by atoms with E-state index in [-0.39, 0.29) is 33.0 Å². The average molecular weight is 445 g/mol. The SMILES string of the molecule is O=C1c2ccccc2C(O)=C2C(S(=O)(=O)Cl)=Cc3sc4cc(=O)ccc-4[nH+]c3C12. The molecule has 144 valence electrons.